The molecule has 1 rings (SSSR count). The van der Waals surface area contributed by atoms with Crippen molar-refractivity contribution in [3.05, 3.63) is 0 Å². The van der Waals surface area contributed by atoms with Crippen LogP contribution in [0, 0.1) is 0 Å². The van der Waals surface area contributed by atoms with Gasteiger partial charge in [0, 0.05) is 13.0 Å². The van der Waals surface area contributed by atoms with Crippen molar-refractivity contribution < 1.29 is 28.5 Å². The largest absolute Gasteiger partial charge is 0.467 e. The minimum absolute atomic E-state index is 0.0980. The Balaban J connectivity index is 2.27. The Labute approximate surface area is 100 Å². The van der Waals surface area contributed by atoms with Crippen molar-refractivity contribution in [2.45, 2.75) is 38.3 Å². The first kappa shape index (κ1) is 14.1. The highest BCUT2D eigenvalue weighted by Crippen LogP contribution is 2.28. The van der Waals surface area contributed by atoms with Crippen LogP contribution in [0.15, 0.2) is 0 Å². The highest BCUT2D eigenvalue weighted by molar-refractivity contribution is 5.70. The maximum absolute atomic E-state index is 10.8. The lowest BCUT2D eigenvalue weighted by atomic mass is 10.2. The van der Waals surface area contributed by atoms with Crippen LogP contribution in [0.2, 0.25) is 0 Å². The average molecular weight is 246 g/mol. The van der Waals surface area contributed by atoms with Gasteiger partial charge in [0.1, 0.15) is 12.7 Å². The minimum atomic E-state index is -0.751. The third kappa shape index (κ3) is 4.41. The molecule has 0 radical (unpaired) electrons. The third-order valence-corrected chi connectivity index (χ3v) is 2.35. The number of ether oxygens (including phenoxy) is 4. The zero-order valence-corrected chi connectivity index (χ0v) is 10.3. The number of hydrogen-bond acceptors (Lipinski definition) is 6. The average Bonchev–Trinajstić information content (AvgIpc) is 2.59. The van der Waals surface area contributed by atoms with E-state index in [0.717, 1.165) is 6.29 Å². The number of carbonyl (C=O) groups is 2. The predicted octanol–water partition coefficient (Wildman–Crippen LogP) is 0.285. The van der Waals surface area contributed by atoms with Crippen molar-refractivity contribution >= 4 is 12.3 Å². The molecule has 0 amide bonds. The van der Waals surface area contributed by atoms with E-state index in [1.807, 2.05) is 0 Å². The second kappa shape index (κ2) is 6.09. The van der Waals surface area contributed by atoms with Crippen molar-refractivity contribution in [1.82, 2.24) is 0 Å². The molecule has 0 bridgehead atoms. The van der Waals surface area contributed by atoms with E-state index in [-0.39, 0.29) is 12.7 Å². The van der Waals surface area contributed by atoms with Crippen LogP contribution in [0.25, 0.3) is 0 Å². The molecule has 0 aromatic heterocycles. The van der Waals surface area contributed by atoms with Crippen LogP contribution < -0.4 is 0 Å². The van der Waals surface area contributed by atoms with Gasteiger partial charge in [-0.05, 0) is 13.8 Å². The fraction of sp³-hybridized carbons (Fsp3) is 0.818. The van der Waals surface area contributed by atoms with Gasteiger partial charge >= 0.3 is 5.97 Å². The van der Waals surface area contributed by atoms with E-state index in [9.17, 15) is 9.59 Å². The lowest BCUT2D eigenvalue weighted by molar-refractivity contribution is -0.152. The standard InChI is InChI=1S/C11H18O6/c1-11(2)16-8(9(6-12)17-11)4-5-15-7-10(13)14-3/h6,8-9H,4-5,7H2,1-3H3/t8-,9+/m0/s1. The highest BCUT2D eigenvalue weighted by Gasteiger charge is 2.40. The Bertz CT molecular complexity index is 275. The fourth-order valence-corrected chi connectivity index (χ4v) is 1.62. The maximum Gasteiger partial charge on any atom is 0.331 e. The molecule has 0 aromatic rings. The molecule has 0 N–H and O–H groups in total. The topological polar surface area (TPSA) is 71.1 Å². The van der Waals surface area contributed by atoms with Gasteiger partial charge in [-0.25, -0.2) is 4.79 Å². The second-order valence-electron chi connectivity index (χ2n) is 4.19. The summed E-state index contributed by atoms with van der Waals surface area (Å²) in [5, 5.41) is 0. The summed E-state index contributed by atoms with van der Waals surface area (Å²) in [5.74, 6) is -1.18. The summed E-state index contributed by atoms with van der Waals surface area (Å²) in [6, 6.07) is 0. The summed E-state index contributed by atoms with van der Waals surface area (Å²) in [5.41, 5.74) is 0. The van der Waals surface area contributed by atoms with E-state index in [0.29, 0.717) is 13.0 Å². The Kier molecular flexibility index (Phi) is 5.04. The van der Waals surface area contributed by atoms with Gasteiger partial charge in [0.25, 0.3) is 0 Å². The van der Waals surface area contributed by atoms with Gasteiger partial charge in [-0.2, -0.15) is 0 Å². The van der Waals surface area contributed by atoms with Crippen molar-refractivity contribution in [3.8, 4) is 0 Å². The van der Waals surface area contributed by atoms with Crippen molar-refractivity contribution in [3.63, 3.8) is 0 Å². The summed E-state index contributed by atoms with van der Waals surface area (Å²) < 4.78 is 20.4. The molecule has 1 saturated heterocycles. The first-order valence-electron chi connectivity index (χ1n) is 5.44. The summed E-state index contributed by atoms with van der Waals surface area (Å²) in [6.45, 7) is 3.71. The first-order valence-corrected chi connectivity index (χ1v) is 5.44. The molecule has 17 heavy (non-hydrogen) atoms. The van der Waals surface area contributed by atoms with Crippen molar-refractivity contribution in [1.29, 1.82) is 0 Å². The SMILES string of the molecule is COC(=O)COCC[C@@H]1OC(C)(C)O[C@@H]1C=O. The zero-order valence-electron chi connectivity index (χ0n) is 10.3. The molecule has 6 heteroatoms. The number of rotatable bonds is 6. The Hall–Kier alpha value is -0.980. The van der Waals surface area contributed by atoms with Crippen LogP contribution >= 0.6 is 0 Å². The molecule has 1 fully saturated rings. The molecular formula is C11H18O6. The number of hydrogen-bond donors (Lipinski definition) is 0. The van der Waals surface area contributed by atoms with Gasteiger partial charge in [0.15, 0.2) is 12.1 Å². The molecule has 1 aliphatic rings. The van der Waals surface area contributed by atoms with Crippen LogP contribution in [0.1, 0.15) is 20.3 Å². The van der Waals surface area contributed by atoms with Crippen LogP contribution in [0.3, 0.4) is 0 Å². The van der Waals surface area contributed by atoms with Crippen LogP contribution in [0.4, 0.5) is 0 Å². The smallest absolute Gasteiger partial charge is 0.331 e. The minimum Gasteiger partial charge on any atom is -0.467 e. The monoisotopic (exact) mass is 246 g/mol. The molecule has 0 unspecified atom stereocenters. The Morgan fingerprint density at radius 2 is 2.12 bits per heavy atom. The zero-order chi connectivity index (χ0) is 12.9. The molecule has 0 aromatic carbocycles. The summed E-state index contributed by atoms with van der Waals surface area (Å²) in [6.07, 6.45) is 0.302. The molecule has 0 aliphatic carbocycles. The quantitative estimate of drug-likeness (QED) is 0.381. The lowest BCUT2D eigenvalue weighted by Crippen LogP contribution is -2.25. The summed E-state index contributed by atoms with van der Waals surface area (Å²) in [7, 11) is 1.30. The molecule has 0 spiro atoms. The number of esters is 1. The van der Waals surface area contributed by atoms with Gasteiger partial charge in [-0.15, -0.1) is 0 Å². The van der Waals surface area contributed by atoms with E-state index >= 15 is 0 Å². The number of carbonyl (C=O) groups excluding carboxylic acids is 2. The van der Waals surface area contributed by atoms with E-state index in [1.54, 1.807) is 13.8 Å². The van der Waals surface area contributed by atoms with E-state index in [1.165, 1.54) is 7.11 Å². The molecule has 6 nitrogen and oxygen atoms in total. The summed E-state index contributed by atoms with van der Waals surface area (Å²) in [4.78, 5) is 21.5. The van der Waals surface area contributed by atoms with Gasteiger partial charge in [0.2, 0.25) is 0 Å². The van der Waals surface area contributed by atoms with Crippen molar-refractivity contribution in [2.24, 2.45) is 0 Å². The van der Waals surface area contributed by atoms with Crippen molar-refractivity contribution in [2.75, 3.05) is 20.3 Å². The third-order valence-electron chi connectivity index (χ3n) is 2.35. The van der Waals surface area contributed by atoms with E-state index in [2.05, 4.69) is 4.74 Å². The molecule has 1 heterocycles. The lowest BCUT2D eigenvalue weighted by Gasteiger charge is -2.16. The number of methoxy groups -OCH3 is 1. The van der Waals surface area contributed by atoms with E-state index < -0.39 is 17.9 Å². The Morgan fingerprint density at radius 3 is 2.71 bits per heavy atom. The summed E-state index contributed by atoms with van der Waals surface area (Å²) >= 11 is 0. The first-order chi connectivity index (χ1) is 7.98. The van der Waals surface area contributed by atoms with Crippen LogP contribution in [-0.4, -0.2) is 50.6 Å². The number of aldehydes is 1. The van der Waals surface area contributed by atoms with E-state index in [4.69, 9.17) is 14.2 Å². The molecule has 1 aliphatic heterocycles. The fourth-order valence-electron chi connectivity index (χ4n) is 1.62. The van der Waals surface area contributed by atoms with Crippen LogP contribution in [-0.2, 0) is 28.5 Å². The second-order valence-corrected chi connectivity index (χ2v) is 4.19. The highest BCUT2D eigenvalue weighted by atomic mass is 16.8. The Morgan fingerprint density at radius 1 is 1.41 bits per heavy atom. The normalized spacial score (nSPS) is 26.8. The molecular weight excluding hydrogens is 228 g/mol. The molecule has 0 saturated carbocycles. The van der Waals surface area contributed by atoms with Crippen LogP contribution in [0.5, 0.6) is 0 Å². The predicted molar refractivity (Wildman–Crippen MR) is 57.3 cm³/mol. The van der Waals surface area contributed by atoms with Gasteiger partial charge in [0.05, 0.1) is 13.2 Å². The molecule has 98 valence electrons. The molecule has 2 atom stereocenters. The van der Waals surface area contributed by atoms with Gasteiger partial charge in [-0.3, -0.25) is 0 Å². The van der Waals surface area contributed by atoms with Gasteiger partial charge in [-0.1, -0.05) is 0 Å². The maximum atomic E-state index is 10.8. The van der Waals surface area contributed by atoms with Gasteiger partial charge < -0.3 is 23.7 Å².